The molecule has 0 radical (unpaired) electrons. The lowest BCUT2D eigenvalue weighted by Gasteiger charge is -2.19. The van der Waals surface area contributed by atoms with Gasteiger partial charge >= 0.3 is 6.09 Å². The molecule has 0 saturated carbocycles. The van der Waals surface area contributed by atoms with Crippen LogP contribution in [0.3, 0.4) is 0 Å². The molecule has 1 aromatic rings. The topological polar surface area (TPSA) is 96.5 Å². The van der Waals surface area contributed by atoms with Crippen molar-refractivity contribution in [2.75, 3.05) is 11.9 Å². The van der Waals surface area contributed by atoms with Crippen LogP contribution in [0.2, 0.25) is 0 Å². The number of hydrogen-bond donors (Lipinski definition) is 3. The van der Waals surface area contributed by atoms with Crippen molar-refractivity contribution in [2.24, 2.45) is 5.92 Å². The van der Waals surface area contributed by atoms with Crippen LogP contribution in [-0.4, -0.2) is 30.1 Å². The molecule has 0 aromatic heterocycles. The molecule has 1 aromatic carbocycles. The Hall–Kier alpha value is -2.83. The third-order valence-electron chi connectivity index (χ3n) is 3.33. The Morgan fingerprint density at radius 1 is 1.14 bits per heavy atom. The minimum atomic E-state index is -0.577. The van der Waals surface area contributed by atoms with Crippen LogP contribution in [0.15, 0.2) is 36.4 Å². The molecule has 7 nitrogen and oxygen atoms in total. The van der Waals surface area contributed by atoms with E-state index in [9.17, 15) is 14.4 Å². The Balaban J connectivity index is 2.42. The molecular weight excluding hydrogens is 358 g/mol. The number of amides is 3. The Labute approximate surface area is 166 Å². The highest BCUT2D eigenvalue weighted by molar-refractivity contribution is 5.91. The molecule has 7 heteroatoms. The first kappa shape index (κ1) is 23.2. The lowest BCUT2D eigenvalue weighted by molar-refractivity contribution is -0.117. The van der Waals surface area contributed by atoms with Gasteiger partial charge in [-0.05, 0) is 50.5 Å². The van der Waals surface area contributed by atoms with Crippen molar-refractivity contribution in [1.82, 2.24) is 10.6 Å². The fourth-order valence-electron chi connectivity index (χ4n) is 2.10. The maximum atomic E-state index is 12.0. The third kappa shape index (κ3) is 11.0. The quantitative estimate of drug-likeness (QED) is 0.594. The van der Waals surface area contributed by atoms with Crippen molar-refractivity contribution in [3.63, 3.8) is 0 Å². The largest absolute Gasteiger partial charge is 0.444 e. The minimum absolute atomic E-state index is 0.125. The molecule has 28 heavy (non-hydrogen) atoms. The van der Waals surface area contributed by atoms with E-state index >= 15 is 0 Å². The first-order valence-electron chi connectivity index (χ1n) is 9.37. The van der Waals surface area contributed by atoms with E-state index in [2.05, 4.69) is 16.0 Å². The SMILES string of the molecule is CC(C)/C=C/C(=O)NCc1cccc(NC(=O)CCNC(=O)OC(C)(C)C)c1. The Kier molecular flexibility index (Phi) is 9.21. The average molecular weight is 389 g/mol. The highest BCUT2D eigenvalue weighted by Gasteiger charge is 2.15. The number of anilines is 1. The number of rotatable bonds is 8. The number of hydrogen-bond acceptors (Lipinski definition) is 4. The normalized spacial score (nSPS) is 11.4. The lowest BCUT2D eigenvalue weighted by atomic mass is 10.2. The van der Waals surface area contributed by atoms with E-state index in [4.69, 9.17) is 4.74 Å². The molecule has 0 bridgehead atoms. The van der Waals surface area contributed by atoms with Crippen LogP contribution >= 0.6 is 0 Å². The Morgan fingerprint density at radius 2 is 1.86 bits per heavy atom. The van der Waals surface area contributed by atoms with Crippen molar-refractivity contribution >= 4 is 23.6 Å². The van der Waals surface area contributed by atoms with Gasteiger partial charge in [-0.3, -0.25) is 9.59 Å². The van der Waals surface area contributed by atoms with E-state index < -0.39 is 11.7 Å². The van der Waals surface area contributed by atoms with Gasteiger partial charge in [0.1, 0.15) is 5.60 Å². The number of carbonyl (C=O) groups is 3. The number of carbonyl (C=O) groups excluding carboxylic acids is 3. The Morgan fingerprint density at radius 3 is 2.50 bits per heavy atom. The van der Waals surface area contributed by atoms with E-state index in [0.29, 0.717) is 18.2 Å². The summed E-state index contributed by atoms with van der Waals surface area (Å²) >= 11 is 0. The van der Waals surface area contributed by atoms with Crippen molar-refractivity contribution in [2.45, 2.75) is 53.2 Å². The maximum Gasteiger partial charge on any atom is 0.407 e. The highest BCUT2D eigenvalue weighted by Crippen LogP contribution is 2.11. The van der Waals surface area contributed by atoms with Gasteiger partial charge in [-0.2, -0.15) is 0 Å². The summed E-state index contributed by atoms with van der Waals surface area (Å²) in [7, 11) is 0. The maximum absolute atomic E-state index is 12.0. The third-order valence-corrected chi connectivity index (χ3v) is 3.33. The molecular formula is C21H31N3O4. The first-order valence-corrected chi connectivity index (χ1v) is 9.37. The van der Waals surface area contributed by atoms with Gasteiger partial charge in [-0.1, -0.05) is 32.1 Å². The van der Waals surface area contributed by atoms with E-state index in [1.807, 2.05) is 26.0 Å². The van der Waals surface area contributed by atoms with Gasteiger partial charge in [0.05, 0.1) is 0 Å². The summed E-state index contributed by atoms with van der Waals surface area (Å²) in [6.07, 6.45) is 2.93. The van der Waals surface area contributed by atoms with E-state index in [1.54, 1.807) is 39.0 Å². The molecule has 3 amide bonds. The molecule has 0 unspecified atom stereocenters. The molecule has 1 rings (SSSR count). The molecule has 0 atom stereocenters. The van der Waals surface area contributed by atoms with Crippen LogP contribution in [0.5, 0.6) is 0 Å². The second-order valence-electron chi connectivity index (χ2n) is 7.75. The van der Waals surface area contributed by atoms with Gasteiger partial charge in [0.15, 0.2) is 0 Å². The number of allylic oxidation sites excluding steroid dienone is 1. The zero-order valence-electron chi connectivity index (χ0n) is 17.3. The molecule has 0 aliphatic heterocycles. The highest BCUT2D eigenvalue weighted by atomic mass is 16.6. The van der Waals surface area contributed by atoms with Gasteiger partial charge in [0.2, 0.25) is 11.8 Å². The summed E-state index contributed by atoms with van der Waals surface area (Å²) in [4.78, 5) is 35.3. The molecule has 0 aliphatic carbocycles. The van der Waals surface area contributed by atoms with Gasteiger partial charge in [-0.15, -0.1) is 0 Å². The van der Waals surface area contributed by atoms with E-state index in [0.717, 1.165) is 5.56 Å². The van der Waals surface area contributed by atoms with Crippen LogP contribution < -0.4 is 16.0 Å². The van der Waals surface area contributed by atoms with Crippen molar-refractivity contribution in [3.05, 3.63) is 42.0 Å². The summed E-state index contributed by atoms with van der Waals surface area (Å²) in [6, 6.07) is 7.24. The molecule has 154 valence electrons. The van der Waals surface area contributed by atoms with Crippen molar-refractivity contribution in [3.8, 4) is 0 Å². The van der Waals surface area contributed by atoms with E-state index in [1.165, 1.54) is 6.08 Å². The van der Waals surface area contributed by atoms with Gasteiger partial charge in [0, 0.05) is 25.2 Å². The standard InChI is InChI=1S/C21H31N3O4/c1-15(2)9-10-18(25)23-14-16-7-6-8-17(13-16)24-19(26)11-12-22-20(27)28-21(3,4)5/h6-10,13,15H,11-12,14H2,1-5H3,(H,22,27)(H,23,25)(H,24,26)/b10-9+. The van der Waals surface area contributed by atoms with Gasteiger partial charge in [0.25, 0.3) is 0 Å². The van der Waals surface area contributed by atoms with Crippen LogP contribution in [0, 0.1) is 5.92 Å². The predicted octanol–water partition coefficient (Wildman–Crippen LogP) is 3.37. The van der Waals surface area contributed by atoms with Crippen LogP contribution in [0.4, 0.5) is 10.5 Å². The number of nitrogens with one attached hydrogen (secondary N) is 3. The summed E-state index contributed by atoms with van der Waals surface area (Å²) < 4.78 is 5.11. The summed E-state index contributed by atoms with van der Waals surface area (Å²) in [5.74, 6) is -0.0671. The monoisotopic (exact) mass is 389 g/mol. The minimum Gasteiger partial charge on any atom is -0.444 e. The van der Waals surface area contributed by atoms with Crippen LogP contribution in [-0.2, 0) is 20.9 Å². The number of benzene rings is 1. The fraction of sp³-hybridized carbons (Fsp3) is 0.476. The average Bonchev–Trinajstić information content (AvgIpc) is 2.56. The lowest BCUT2D eigenvalue weighted by Crippen LogP contribution is -2.34. The molecule has 0 heterocycles. The first-order chi connectivity index (χ1) is 13.0. The van der Waals surface area contributed by atoms with E-state index in [-0.39, 0.29) is 24.8 Å². The molecule has 0 aliphatic rings. The number of alkyl carbamates (subject to hydrolysis) is 1. The molecule has 0 fully saturated rings. The molecule has 0 saturated heterocycles. The number of ether oxygens (including phenoxy) is 1. The Bertz CT molecular complexity index is 706. The predicted molar refractivity (Wildman–Crippen MR) is 110 cm³/mol. The fourth-order valence-corrected chi connectivity index (χ4v) is 2.10. The molecule has 0 spiro atoms. The van der Waals surface area contributed by atoms with Crippen molar-refractivity contribution in [1.29, 1.82) is 0 Å². The second kappa shape index (κ2) is 11.1. The van der Waals surface area contributed by atoms with Crippen LogP contribution in [0.1, 0.15) is 46.6 Å². The van der Waals surface area contributed by atoms with Gasteiger partial charge < -0.3 is 20.7 Å². The second-order valence-corrected chi connectivity index (χ2v) is 7.75. The summed E-state index contributed by atoms with van der Waals surface area (Å²) in [5, 5.41) is 8.12. The smallest absolute Gasteiger partial charge is 0.407 e. The zero-order valence-corrected chi connectivity index (χ0v) is 17.3. The zero-order chi connectivity index (χ0) is 21.2. The molecule has 3 N–H and O–H groups in total. The van der Waals surface area contributed by atoms with Crippen LogP contribution in [0.25, 0.3) is 0 Å². The van der Waals surface area contributed by atoms with Gasteiger partial charge in [-0.25, -0.2) is 4.79 Å². The summed E-state index contributed by atoms with van der Waals surface area (Å²) in [5.41, 5.74) is 0.926. The van der Waals surface area contributed by atoms with Crippen molar-refractivity contribution < 1.29 is 19.1 Å². The summed E-state index contributed by atoms with van der Waals surface area (Å²) in [6.45, 7) is 9.86.